The number of fused-ring (bicyclic) bond motifs is 2. The van der Waals surface area contributed by atoms with Crippen LogP contribution in [0.5, 0.6) is 0 Å². The lowest BCUT2D eigenvalue weighted by Crippen LogP contribution is -2.64. The van der Waals surface area contributed by atoms with Crippen LogP contribution in [0.4, 0.5) is 9.18 Å². The van der Waals surface area contributed by atoms with Gasteiger partial charge in [-0.15, -0.1) is 0 Å². The summed E-state index contributed by atoms with van der Waals surface area (Å²) in [7, 11) is 0. The molecule has 3 N–H and O–H groups in total. The van der Waals surface area contributed by atoms with Crippen LogP contribution in [0.2, 0.25) is 5.02 Å². The highest BCUT2D eigenvalue weighted by Gasteiger charge is 2.48. The third-order valence-corrected chi connectivity index (χ3v) is 8.90. The van der Waals surface area contributed by atoms with E-state index in [1.54, 1.807) is 12.1 Å². The molecule has 4 heterocycles. The first kappa shape index (κ1) is 24.1. The zero-order valence-electron chi connectivity index (χ0n) is 20.6. The topological polar surface area (TPSA) is 72.5 Å². The first-order valence-corrected chi connectivity index (χ1v) is 13.5. The number of carbonyl (C=O) groups is 1. The number of piperidine rings is 1. The zero-order valence-corrected chi connectivity index (χ0v) is 21.3. The SMILES string of the molecule is Cc1cc(C2NNC3CC4NC(=O)N([C@@H]5CCCN(Cc6ccc(F)c(Cl)c6)C5)CC4CC32)ccn1. The van der Waals surface area contributed by atoms with E-state index < -0.39 is 0 Å². The van der Waals surface area contributed by atoms with Crippen LogP contribution >= 0.6 is 11.6 Å². The van der Waals surface area contributed by atoms with Crippen molar-refractivity contribution in [1.82, 2.24) is 31.0 Å². The fourth-order valence-electron chi connectivity index (χ4n) is 6.84. The highest BCUT2D eigenvalue weighted by atomic mass is 35.5. The highest BCUT2D eigenvalue weighted by Crippen LogP contribution is 2.42. The second-order valence-corrected chi connectivity index (χ2v) is 11.4. The molecule has 7 nitrogen and oxygen atoms in total. The van der Waals surface area contributed by atoms with Gasteiger partial charge in [0.15, 0.2) is 0 Å². The van der Waals surface area contributed by atoms with Gasteiger partial charge in [-0.25, -0.2) is 14.6 Å². The molecule has 3 saturated heterocycles. The van der Waals surface area contributed by atoms with Gasteiger partial charge in [-0.3, -0.25) is 15.3 Å². The van der Waals surface area contributed by atoms with Crippen LogP contribution in [0, 0.1) is 24.6 Å². The van der Waals surface area contributed by atoms with E-state index in [0.717, 1.165) is 56.6 Å². The molecule has 0 spiro atoms. The molecule has 6 atom stereocenters. The van der Waals surface area contributed by atoms with Gasteiger partial charge in [0, 0.05) is 49.7 Å². The Morgan fingerprint density at radius 2 is 2.03 bits per heavy atom. The van der Waals surface area contributed by atoms with Crippen LogP contribution in [-0.2, 0) is 6.54 Å². The summed E-state index contributed by atoms with van der Waals surface area (Å²) in [4.78, 5) is 22.0. The van der Waals surface area contributed by atoms with Crippen LogP contribution < -0.4 is 16.2 Å². The number of likely N-dealkylation sites (tertiary alicyclic amines) is 1. The molecular weight excluding hydrogens is 479 g/mol. The molecule has 4 aliphatic rings. The number of aromatic nitrogens is 1. The molecule has 1 aromatic carbocycles. The summed E-state index contributed by atoms with van der Waals surface area (Å²) in [6, 6.07) is 10.3. The van der Waals surface area contributed by atoms with E-state index in [0.29, 0.717) is 24.4 Å². The number of halogens is 2. The Morgan fingerprint density at radius 3 is 2.86 bits per heavy atom. The van der Waals surface area contributed by atoms with Gasteiger partial charge >= 0.3 is 6.03 Å². The van der Waals surface area contributed by atoms with E-state index in [4.69, 9.17) is 11.6 Å². The smallest absolute Gasteiger partial charge is 0.317 e. The monoisotopic (exact) mass is 512 g/mol. The molecule has 192 valence electrons. The Bertz CT molecular complexity index is 1130. The van der Waals surface area contributed by atoms with Crippen molar-refractivity contribution in [2.24, 2.45) is 11.8 Å². The van der Waals surface area contributed by atoms with E-state index in [1.807, 2.05) is 13.1 Å². The summed E-state index contributed by atoms with van der Waals surface area (Å²) in [5.74, 6) is 0.526. The van der Waals surface area contributed by atoms with Crippen molar-refractivity contribution in [3.63, 3.8) is 0 Å². The molecule has 1 aliphatic carbocycles. The van der Waals surface area contributed by atoms with Crippen LogP contribution in [0.25, 0.3) is 0 Å². The number of nitrogens with zero attached hydrogens (tertiary/aromatic N) is 3. The predicted molar refractivity (Wildman–Crippen MR) is 137 cm³/mol. The van der Waals surface area contributed by atoms with E-state index >= 15 is 0 Å². The molecule has 36 heavy (non-hydrogen) atoms. The maximum atomic E-state index is 13.6. The summed E-state index contributed by atoms with van der Waals surface area (Å²) in [6.07, 6.45) is 5.97. The quantitative estimate of drug-likeness (QED) is 0.581. The van der Waals surface area contributed by atoms with Gasteiger partial charge in [-0.05, 0) is 86.4 Å². The molecule has 1 aromatic heterocycles. The van der Waals surface area contributed by atoms with Crippen molar-refractivity contribution in [3.8, 4) is 0 Å². The molecule has 4 fully saturated rings. The number of hydrogen-bond acceptors (Lipinski definition) is 5. The standard InChI is InChI=1S/C27H34ClFN6O/c1-16-9-18(6-7-30-16)26-21-11-19-14-35(27(36)31-24(19)12-25(21)32-33-26)20-3-2-8-34(15-20)13-17-4-5-23(29)22(28)10-17/h4-7,9-10,19-21,24-26,32-33H,2-3,8,11-15H2,1H3,(H,31,36)/t19?,20-,21?,24?,25?,26?/m1/s1. The Hall–Kier alpha value is -2.26. The van der Waals surface area contributed by atoms with Crippen molar-refractivity contribution < 1.29 is 9.18 Å². The second-order valence-electron chi connectivity index (χ2n) is 11.0. The molecule has 6 rings (SSSR count). The summed E-state index contributed by atoms with van der Waals surface area (Å²) in [6.45, 7) is 5.36. The average Bonchev–Trinajstić information content (AvgIpc) is 3.27. The van der Waals surface area contributed by atoms with Gasteiger partial charge < -0.3 is 10.2 Å². The maximum Gasteiger partial charge on any atom is 0.317 e. The largest absolute Gasteiger partial charge is 0.335 e. The van der Waals surface area contributed by atoms with Gasteiger partial charge in [-0.1, -0.05) is 17.7 Å². The molecule has 3 aliphatic heterocycles. The van der Waals surface area contributed by atoms with E-state index in [1.165, 1.54) is 11.6 Å². The van der Waals surface area contributed by atoms with Gasteiger partial charge in [0.2, 0.25) is 0 Å². The molecule has 1 saturated carbocycles. The fourth-order valence-corrected chi connectivity index (χ4v) is 7.05. The molecule has 2 aromatic rings. The van der Waals surface area contributed by atoms with E-state index in [2.05, 4.69) is 43.1 Å². The number of amides is 2. The maximum absolute atomic E-state index is 13.6. The van der Waals surface area contributed by atoms with Gasteiger partial charge in [0.1, 0.15) is 5.82 Å². The Morgan fingerprint density at radius 1 is 1.14 bits per heavy atom. The normalized spacial score (nSPS) is 32.6. The minimum atomic E-state index is -0.389. The molecule has 9 heteroatoms. The molecule has 5 unspecified atom stereocenters. The van der Waals surface area contributed by atoms with E-state index in [-0.39, 0.29) is 35.0 Å². The van der Waals surface area contributed by atoms with Crippen molar-refractivity contribution in [3.05, 3.63) is 64.2 Å². The zero-order chi connectivity index (χ0) is 24.8. The lowest BCUT2D eigenvalue weighted by Gasteiger charge is -2.49. The Balaban J connectivity index is 1.12. The van der Waals surface area contributed by atoms with Crippen molar-refractivity contribution in [1.29, 1.82) is 0 Å². The van der Waals surface area contributed by atoms with Gasteiger partial charge in [-0.2, -0.15) is 0 Å². The molecule has 0 radical (unpaired) electrons. The minimum Gasteiger partial charge on any atom is -0.335 e. The number of rotatable bonds is 4. The first-order valence-electron chi connectivity index (χ1n) is 13.1. The second kappa shape index (κ2) is 9.89. The number of benzene rings is 1. The van der Waals surface area contributed by atoms with Crippen molar-refractivity contribution in [2.75, 3.05) is 19.6 Å². The van der Waals surface area contributed by atoms with Crippen molar-refractivity contribution >= 4 is 17.6 Å². The average molecular weight is 513 g/mol. The highest BCUT2D eigenvalue weighted by molar-refractivity contribution is 6.30. The number of nitrogens with one attached hydrogen (secondary N) is 3. The van der Waals surface area contributed by atoms with Crippen LogP contribution in [-0.4, -0.2) is 58.6 Å². The summed E-state index contributed by atoms with van der Waals surface area (Å²) < 4.78 is 13.6. The molecular formula is C27H34ClFN6O. The Labute approximate surface area is 216 Å². The number of hydrazine groups is 1. The lowest BCUT2D eigenvalue weighted by molar-refractivity contribution is 0.0523. The molecule has 0 bridgehead atoms. The molecule has 2 amide bonds. The summed E-state index contributed by atoms with van der Waals surface area (Å²) >= 11 is 5.99. The summed E-state index contributed by atoms with van der Waals surface area (Å²) in [5, 5.41) is 3.51. The van der Waals surface area contributed by atoms with Crippen LogP contribution in [0.1, 0.15) is 48.5 Å². The number of pyridine rings is 1. The third kappa shape index (κ3) is 4.72. The lowest BCUT2D eigenvalue weighted by atomic mass is 9.71. The number of hydrogen-bond donors (Lipinski definition) is 3. The number of aryl methyl sites for hydroxylation is 1. The summed E-state index contributed by atoms with van der Waals surface area (Å²) in [5.41, 5.74) is 10.4. The van der Waals surface area contributed by atoms with E-state index in [9.17, 15) is 9.18 Å². The van der Waals surface area contributed by atoms with Crippen LogP contribution in [0.15, 0.2) is 36.5 Å². The van der Waals surface area contributed by atoms with Crippen LogP contribution in [0.3, 0.4) is 0 Å². The first-order chi connectivity index (χ1) is 17.4. The van der Waals surface area contributed by atoms with Gasteiger partial charge in [0.25, 0.3) is 0 Å². The fraction of sp³-hybridized carbons (Fsp3) is 0.556. The number of urea groups is 1. The van der Waals surface area contributed by atoms with Gasteiger partial charge in [0.05, 0.1) is 11.1 Å². The Kier molecular flexibility index (Phi) is 6.62. The third-order valence-electron chi connectivity index (χ3n) is 8.61. The predicted octanol–water partition coefficient (Wildman–Crippen LogP) is 3.78. The van der Waals surface area contributed by atoms with Crippen molar-refractivity contribution in [2.45, 2.75) is 63.3 Å². The number of carbonyl (C=O) groups excluding carboxylic acids is 1. The minimum absolute atomic E-state index is 0.0682.